The Bertz CT molecular complexity index is 336. The molecule has 7 heteroatoms. The Kier molecular flexibility index (Phi) is 9.66. The summed E-state index contributed by atoms with van der Waals surface area (Å²) in [6.07, 6.45) is 0.806. The number of rotatable bonds is 10. The minimum absolute atomic E-state index is 0.267. The quantitative estimate of drug-likeness (QED) is 0.339. The highest BCUT2D eigenvalue weighted by atomic mass is 16.6. The monoisotopic (exact) mass is 334 g/mol. The van der Waals surface area contributed by atoms with Gasteiger partial charge in [0.1, 0.15) is 31.0 Å². The molecule has 4 N–H and O–H groups in total. The predicted molar refractivity (Wildman–Crippen MR) is 82.5 cm³/mol. The van der Waals surface area contributed by atoms with Gasteiger partial charge in [-0.2, -0.15) is 0 Å². The van der Waals surface area contributed by atoms with Crippen molar-refractivity contribution >= 4 is 5.97 Å². The van der Waals surface area contributed by atoms with Gasteiger partial charge in [-0.1, -0.05) is 45.4 Å². The minimum Gasteiger partial charge on any atom is -0.463 e. The molecule has 0 aromatic rings. The van der Waals surface area contributed by atoms with E-state index in [-0.39, 0.29) is 6.61 Å². The first-order valence-electron chi connectivity index (χ1n) is 8.50. The third kappa shape index (κ3) is 7.14. The number of hydrogen-bond donors (Lipinski definition) is 4. The topological polar surface area (TPSA) is 116 Å². The van der Waals surface area contributed by atoms with Gasteiger partial charge in [-0.05, 0) is 6.42 Å². The average molecular weight is 334 g/mol. The first-order chi connectivity index (χ1) is 11.0. The number of carbonyl (C=O) groups excluding carboxylic acids is 1. The maximum atomic E-state index is 11.6. The highest BCUT2D eigenvalue weighted by molar-refractivity contribution is 5.69. The van der Waals surface area contributed by atoms with Gasteiger partial charge in [0.05, 0.1) is 0 Å². The molecule has 0 aliphatic carbocycles. The molecule has 1 heterocycles. The van der Waals surface area contributed by atoms with Crippen molar-refractivity contribution < 1.29 is 34.7 Å². The van der Waals surface area contributed by atoms with E-state index in [1.54, 1.807) is 0 Å². The zero-order chi connectivity index (χ0) is 17.2. The number of esters is 1. The van der Waals surface area contributed by atoms with E-state index in [0.717, 1.165) is 19.3 Å². The van der Waals surface area contributed by atoms with Crippen LogP contribution in [0.4, 0.5) is 0 Å². The largest absolute Gasteiger partial charge is 0.463 e. The van der Waals surface area contributed by atoms with Crippen LogP contribution in [0.15, 0.2) is 0 Å². The molecule has 23 heavy (non-hydrogen) atoms. The molecular formula is C16H30O7. The average Bonchev–Trinajstić information content (AvgIpc) is 2.54. The van der Waals surface area contributed by atoms with E-state index in [0.29, 0.717) is 6.42 Å². The number of aliphatic hydroxyl groups is 4. The van der Waals surface area contributed by atoms with Crippen LogP contribution in [0.2, 0.25) is 0 Å². The predicted octanol–water partition coefficient (Wildman–Crippen LogP) is 0.470. The van der Waals surface area contributed by atoms with E-state index in [2.05, 4.69) is 6.92 Å². The number of unbranched alkanes of at least 4 members (excludes halogenated alkanes) is 6. The molecule has 7 nitrogen and oxygen atoms in total. The lowest BCUT2D eigenvalue weighted by Crippen LogP contribution is -2.58. The van der Waals surface area contributed by atoms with Gasteiger partial charge in [0.25, 0.3) is 0 Å². The Morgan fingerprint density at radius 3 is 2.17 bits per heavy atom. The Morgan fingerprint density at radius 1 is 0.913 bits per heavy atom. The number of aliphatic hydroxyl groups excluding tert-OH is 4. The molecular weight excluding hydrogens is 304 g/mol. The van der Waals surface area contributed by atoms with Crippen LogP contribution >= 0.6 is 0 Å². The standard InChI is InChI=1S/C16H30O7/c1-2-3-4-5-6-7-8-9-12(17)22-10-11-13(18)14(19)15(20)16(21)23-11/h11,13-16,18-21H,2-10H2,1H3/t11-,13+,14+,15-,16-/m1/s1. The molecule has 0 unspecified atom stereocenters. The maximum absolute atomic E-state index is 11.6. The molecule has 1 rings (SSSR count). The van der Waals surface area contributed by atoms with Gasteiger partial charge in [-0.3, -0.25) is 4.79 Å². The van der Waals surface area contributed by atoms with Crippen LogP contribution in [0.3, 0.4) is 0 Å². The molecule has 1 aliphatic heterocycles. The summed E-state index contributed by atoms with van der Waals surface area (Å²) in [5.74, 6) is -0.399. The summed E-state index contributed by atoms with van der Waals surface area (Å²) >= 11 is 0. The van der Waals surface area contributed by atoms with Crippen molar-refractivity contribution in [2.75, 3.05) is 6.61 Å². The van der Waals surface area contributed by atoms with Crippen molar-refractivity contribution in [2.24, 2.45) is 0 Å². The normalized spacial score (nSPS) is 31.1. The van der Waals surface area contributed by atoms with E-state index in [4.69, 9.17) is 9.47 Å². The fourth-order valence-corrected chi connectivity index (χ4v) is 2.54. The Labute approximate surface area is 137 Å². The number of hydrogen-bond acceptors (Lipinski definition) is 7. The van der Waals surface area contributed by atoms with Gasteiger partial charge >= 0.3 is 5.97 Å². The molecule has 5 atom stereocenters. The van der Waals surface area contributed by atoms with Crippen LogP contribution in [0.25, 0.3) is 0 Å². The van der Waals surface area contributed by atoms with Gasteiger partial charge < -0.3 is 29.9 Å². The zero-order valence-electron chi connectivity index (χ0n) is 13.8. The van der Waals surface area contributed by atoms with Crippen LogP contribution in [0, 0.1) is 0 Å². The van der Waals surface area contributed by atoms with E-state index < -0.39 is 36.7 Å². The van der Waals surface area contributed by atoms with Crippen LogP contribution in [-0.2, 0) is 14.3 Å². The SMILES string of the molecule is CCCCCCCCCC(=O)OC[C@H]1O[C@@H](O)[C@H](O)[C@@H](O)[C@H]1O. The van der Waals surface area contributed by atoms with Gasteiger partial charge in [0, 0.05) is 6.42 Å². The third-order valence-corrected chi connectivity index (χ3v) is 4.08. The molecule has 0 bridgehead atoms. The van der Waals surface area contributed by atoms with Crippen molar-refractivity contribution in [2.45, 2.75) is 89.0 Å². The van der Waals surface area contributed by atoms with Crippen LogP contribution < -0.4 is 0 Å². The van der Waals surface area contributed by atoms with Crippen LogP contribution in [0.5, 0.6) is 0 Å². The minimum atomic E-state index is -1.61. The van der Waals surface area contributed by atoms with Gasteiger partial charge in [0.2, 0.25) is 0 Å². The number of ether oxygens (including phenoxy) is 2. The molecule has 0 aromatic heterocycles. The molecule has 0 saturated carbocycles. The second-order valence-electron chi connectivity index (χ2n) is 6.09. The van der Waals surface area contributed by atoms with E-state index in [1.807, 2.05) is 0 Å². The maximum Gasteiger partial charge on any atom is 0.305 e. The molecule has 1 saturated heterocycles. The fraction of sp³-hybridized carbons (Fsp3) is 0.938. The van der Waals surface area contributed by atoms with Crippen molar-refractivity contribution in [3.63, 3.8) is 0 Å². The van der Waals surface area contributed by atoms with Gasteiger partial charge in [-0.25, -0.2) is 0 Å². The van der Waals surface area contributed by atoms with Crippen molar-refractivity contribution in [1.29, 1.82) is 0 Å². The zero-order valence-corrected chi connectivity index (χ0v) is 13.8. The van der Waals surface area contributed by atoms with Crippen molar-refractivity contribution in [3.05, 3.63) is 0 Å². The Hall–Kier alpha value is -0.730. The summed E-state index contributed by atoms with van der Waals surface area (Å²) < 4.78 is 9.93. The summed E-state index contributed by atoms with van der Waals surface area (Å²) in [7, 11) is 0. The summed E-state index contributed by atoms with van der Waals surface area (Å²) in [5.41, 5.74) is 0. The molecule has 0 amide bonds. The van der Waals surface area contributed by atoms with Crippen molar-refractivity contribution in [1.82, 2.24) is 0 Å². The highest BCUT2D eigenvalue weighted by Crippen LogP contribution is 2.20. The van der Waals surface area contributed by atoms with E-state index in [9.17, 15) is 25.2 Å². The second-order valence-corrected chi connectivity index (χ2v) is 6.09. The first kappa shape index (κ1) is 20.3. The molecule has 1 fully saturated rings. The molecule has 136 valence electrons. The summed E-state index contributed by atoms with van der Waals surface area (Å²) in [4.78, 5) is 11.6. The van der Waals surface area contributed by atoms with Gasteiger partial charge in [0.15, 0.2) is 6.29 Å². The summed E-state index contributed by atoms with van der Waals surface area (Å²) in [5, 5.41) is 38.0. The number of carbonyl (C=O) groups is 1. The molecule has 0 aromatic carbocycles. The lowest BCUT2D eigenvalue weighted by atomic mass is 9.99. The first-order valence-corrected chi connectivity index (χ1v) is 8.50. The Balaban J connectivity index is 2.13. The highest BCUT2D eigenvalue weighted by Gasteiger charge is 2.43. The lowest BCUT2D eigenvalue weighted by molar-refractivity contribution is -0.287. The molecule has 1 aliphatic rings. The summed E-state index contributed by atoms with van der Waals surface area (Å²) in [6, 6.07) is 0. The van der Waals surface area contributed by atoms with E-state index in [1.165, 1.54) is 25.7 Å². The molecule has 0 spiro atoms. The smallest absolute Gasteiger partial charge is 0.305 e. The van der Waals surface area contributed by atoms with Crippen molar-refractivity contribution in [3.8, 4) is 0 Å². The summed E-state index contributed by atoms with van der Waals surface area (Å²) in [6.45, 7) is 1.90. The fourth-order valence-electron chi connectivity index (χ4n) is 2.54. The van der Waals surface area contributed by atoms with E-state index >= 15 is 0 Å². The van der Waals surface area contributed by atoms with Crippen LogP contribution in [-0.4, -0.2) is 63.7 Å². The third-order valence-electron chi connectivity index (χ3n) is 4.08. The second kappa shape index (κ2) is 10.9. The molecule has 0 radical (unpaired) electrons. The Morgan fingerprint density at radius 2 is 1.52 bits per heavy atom. The van der Waals surface area contributed by atoms with Crippen LogP contribution in [0.1, 0.15) is 58.3 Å². The lowest BCUT2D eigenvalue weighted by Gasteiger charge is -2.37. The van der Waals surface area contributed by atoms with Gasteiger partial charge in [-0.15, -0.1) is 0 Å².